The molecule has 0 heterocycles. The quantitative estimate of drug-likeness (QED) is 0.376. The van der Waals surface area contributed by atoms with E-state index in [9.17, 15) is 43.7 Å². The van der Waals surface area contributed by atoms with E-state index in [4.69, 9.17) is 5.11 Å². The Labute approximate surface area is 134 Å². The van der Waals surface area contributed by atoms with E-state index in [1.165, 1.54) is 0 Å². The van der Waals surface area contributed by atoms with Crippen LogP contribution in [0.1, 0.15) is 10.4 Å². The Hall–Kier alpha value is -2.18. The summed E-state index contributed by atoms with van der Waals surface area (Å²) in [4.78, 5) is 10.8. The summed E-state index contributed by atoms with van der Waals surface area (Å²) in [6.07, 6.45) is 0. The lowest BCUT2D eigenvalue weighted by Gasteiger charge is -2.19. The van der Waals surface area contributed by atoms with Gasteiger partial charge in [-0.2, -0.15) is 0 Å². The molecule has 0 unspecified atom stereocenters. The predicted octanol–water partition coefficient (Wildman–Crippen LogP) is -2.10. The largest absolute Gasteiger partial charge is 0.716 e. The Morgan fingerprint density at radius 2 is 1.12 bits per heavy atom. The molecule has 0 aliphatic heterocycles. The molecule has 0 fully saturated rings. The van der Waals surface area contributed by atoms with Crippen LogP contribution in [-0.4, -0.2) is 50.0 Å². The molecule has 0 aliphatic rings. The Balaban J connectivity index is 3.77. The van der Waals surface area contributed by atoms with Crippen LogP contribution in [-0.2, 0) is 31.2 Å². The van der Waals surface area contributed by atoms with Gasteiger partial charge in [0.05, 0.1) is 5.56 Å². The van der Waals surface area contributed by atoms with Crippen LogP contribution in [0.4, 0.5) is 0 Å². The summed E-state index contributed by atoms with van der Waals surface area (Å²) in [7, 11) is -17.0. The molecule has 17 heteroatoms. The molecular formula is C7H3O14S3-3. The van der Waals surface area contributed by atoms with Gasteiger partial charge in [-0.1, -0.05) is 0 Å². The van der Waals surface area contributed by atoms with Crippen molar-refractivity contribution in [3.8, 4) is 17.2 Å². The van der Waals surface area contributed by atoms with Gasteiger partial charge in [0.2, 0.25) is 5.75 Å². The number of carboxylic acid groups (broad SMARTS) is 1. The van der Waals surface area contributed by atoms with Gasteiger partial charge in [-0.25, -0.2) is 30.0 Å². The molecule has 0 bridgehead atoms. The number of hydrogen-bond acceptors (Lipinski definition) is 13. The molecular weight excluding hydrogens is 404 g/mol. The third-order valence-corrected chi connectivity index (χ3v) is 2.97. The second-order valence-electron chi connectivity index (χ2n) is 3.58. The monoisotopic (exact) mass is 407 g/mol. The molecule has 0 saturated carbocycles. The SMILES string of the molecule is O=C(O)c1cc(OS(=O)(=O)[O-])c(OS(=O)(=O)[O-])c(OS(=O)(=O)[O-])c1. The van der Waals surface area contributed by atoms with Gasteiger partial charge in [0.25, 0.3) is 31.2 Å². The summed E-state index contributed by atoms with van der Waals surface area (Å²) in [6.45, 7) is 0. The molecule has 1 aromatic rings. The standard InChI is InChI=1S/C7H6O14S3/c8-7(9)3-1-4(19-22(10,11)12)6(21-24(16,17)18)5(2-3)20-23(13,14)15/h1-2H,(H,8,9)(H,10,11,12)(H,13,14,15)(H,16,17,18)/p-3. The van der Waals surface area contributed by atoms with Crippen LogP contribution in [0.5, 0.6) is 17.2 Å². The van der Waals surface area contributed by atoms with Crippen LogP contribution >= 0.6 is 0 Å². The first-order valence-corrected chi connectivity index (χ1v) is 8.94. The van der Waals surface area contributed by atoms with Gasteiger partial charge in [0.15, 0.2) is 11.5 Å². The Kier molecular flexibility index (Phi) is 5.28. The van der Waals surface area contributed by atoms with Crippen molar-refractivity contribution >= 4 is 37.2 Å². The summed E-state index contributed by atoms with van der Waals surface area (Å²) in [6, 6.07) is 0.394. The minimum absolute atomic E-state index is 0.197. The zero-order chi connectivity index (χ0) is 18.9. The van der Waals surface area contributed by atoms with Gasteiger partial charge >= 0.3 is 5.97 Å². The average Bonchev–Trinajstić information content (AvgIpc) is 2.27. The second-order valence-corrected chi connectivity index (χ2v) is 6.53. The molecule has 0 aromatic heterocycles. The number of carbonyl (C=O) groups is 1. The van der Waals surface area contributed by atoms with E-state index >= 15 is 0 Å². The topological polar surface area (TPSA) is 237 Å². The maximum absolute atomic E-state index is 10.8. The first-order valence-electron chi connectivity index (χ1n) is 4.94. The lowest BCUT2D eigenvalue weighted by atomic mass is 10.2. The molecule has 1 N–H and O–H groups in total. The molecule has 0 atom stereocenters. The summed E-state index contributed by atoms with van der Waals surface area (Å²) >= 11 is 0. The molecule has 136 valence electrons. The van der Waals surface area contributed by atoms with Gasteiger partial charge in [-0.15, -0.1) is 0 Å². The van der Waals surface area contributed by atoms with Crippen LogP contribution in [0.25, 0.3) is 0 Å². The van der Waals surface area contributed by atoms with Crippen LogP contribution in [0.2, 0.25) is 0 Å². The summed E-state index contributed by atoms with van der Waals surface area (Å²) in [5, 5.41) is 8.77. The Morgan fingerprint density at radius 1 is 0.792 bits per heavy atom. The Morgan fingerprint density at radius 3 is 1.38 bits per heavy atom. The van der Waals surface area contributed by atoms with Crippen molar-refractivity contribution in [2.75, 3.05) is 0 Å². The highest BCUT2D eigenvalue weighted by Gasteiger charge is 2.23. The highest BCUT2D eigenvalue weighted by atomic mass is 32.3. The maximum Gasteiger partial charge on any atom is 0.335 e. The lowest BCUT2D eigenvalue weighted by molar-refractivity contribution is 0.0696. The van der Waals surface area contributed by atoms with E-state index in [0.717, 1.165) is 0 Å². The zero-order valence-corrected chi connectivity index (χ0v) is 13.1. The number of rotatable bonds is 7. The van der Waals surface area contributed by atoms with Crippen molar-refractivity contribution in [2.24, 2.45) is 0 Å². The number of benzene rings is 1. The van der Waals surface area contributed by atoms with E-state index in [1.54, 1.807) is 0 Å². The molecule has 14 nitrogen and oxygen atoms in total. The van der Waals surface area contributed by atoms with E-state index in [1.807, 2.05) is 0 Å². The van der Waals surface area contributed by atoms with Gasteiger partial charge in [0.1, 0.15) is 0 Å². The summed E-state index contributed by atoms with van der Waals surface area (Å²) in [5.74, 6) is -6.56. The summed E-state index contributed by atoms with van der Waals surface area (Å²) in [5.41, 5.74) is -1.01. The van der Waals surface area contributed by atoms with Crippen molar-refractivity contribution in [1.29, 1.82) is 0 Å². The molecule has 0 spiro atoms. The number of aromatic carboxylic acids is 1. The molecule has 0 radical (unpaired) electrons. The first-order chi connectivity index (χ1) is 10.6. The van der Waals surface area contributed by atoms with Gasteiger partial charge < -0.3 is 31.3 Å². The normalized spacial score (nSPS) is 12.5. The molecule has 0 aliphatic carbocycles. The van der Waals surface area contributed by atoms with Crippen LogP contribution in [0.15, 0.2) is 12.1 Å². The van der Waals surface area contributed by atoms with Crippen molar-refractivity contribution in [1.82, 2.24) is 0 Å². The molecule has 0 saturated heterocycles. The average molecular weight is 407 g/mol. The summed E-state index contributed by atoms with van der Waals surface area (Å²) < 4.78 is 106. The van der Waals surface area contributed by atoms with Crippen molar-refractivity contribution < 1.29 is 61.4 Å². The van der Waals surface area contributed by atoms with Crippen LogP contribution in [0.3, 0.4) is 0 Å². The maximum atomic E-state index is 10.8. The van der Waals surface area contributed by atoms with Gasteiger partial charge in [-0.05, 0) is 0 Å². The highest BCUT2D eigenvalue weighted by Crippen LogP contribution is 2.41. The van der Waals surface area contributed by atoms with Gasteiger partial charge in [0, 0.05) is 12.1 Å². The number of carboxylic acids is 1. The van der Waals surface area contributed by atoms with E-state index < -0.39 is 60.0 Å². The lowest BCUT2D eigenvalue weighted by Crippen LogP contribution is -2.15. The molecule has 1 rings (SSSR count). The minimum Gasteiger partial charge on any atom is -0.716 e. The zero-order valence-electron chi connectivity index (χ0n) is 10.6. The van der Waals surface area contributed by atoms with Crippen LogP contribution < -0.4 is 12.5 Å². The minimum atomic E-state index is -5.72. The van der Waals surface area contributed by atoms with E-state index in [2.05, 4.69) is 12.5 Å². The first kappa shape index (κ1) is 19.9. The third-order valence-electron chi connectivity index (χ3n) is 1.84. The van der Waals surface area contributed by atoms with Crippen LogP contribution in [0, 0.1) is 0 Å². The van der Waals surface area contributed by atoms with Gasteiger partial charge in [-0.3, -0.25) is 0 Å². The smallest absolute Gasteiger partial charge is 0.335 e. The fraction of sp³-hybridized carbons (Fsp3) is 0. The van der Waals surface area contributed by atoms with E-state index in [-0.39, 0.29) is 12.1 Å². The Bertz CT molecular complexity index is 914. The third kappa shape index (κ3) is 6.52. The fourth-order valence-electron chi connectivity index (χ4n) is 1.23. The fourth-order valence-corrected chi connectivity index (χ4v) is 2.28. The molecule has 24 heavy (non-hydrogen) atoms. The van der Waals surface area contributed by atoms with Crippen molar-refractivity contribution in [3.63, 3.8) is 0 Å². The predicted molar refractivity (Wildman–Crippen MR) is 64.4 cm³/mol. The number of hydrogen-bond donors (Lipinski definition) is 1. The highest BCUT2D eigenvalue weighted by molar-refractivity contribution is 7.81. The van der Waals surface area contributed by atoms with Crippen molar-refractivity contribution in [3.05, 3.63) is 17.7 Å². The molecule has 1 aromatic carbocycles. The second kappa shape index (κ2) is 6.37. The van der Waals surface area contributed by atoms with E-state index in [0.29, 0.717) is 0 Å². The molecule has 0 amide bonds. The van der Waals surface area contributed by atoms with Crippen molar-refractivity contribution in [2.45, 2.75) is 0 Å².